The Morgan fingerprint density at radius 1 is 0.978 bits per heavy atom. The lowest BCUT2D eigenvalue weighted by Gasteiger charge is -2.19. The number of pyridine rings is 1. The molecule has 2 aliphatic carbocycles. The zero-order valence-electron chi connectivity index (χ0n) is 25.8. The van der Waals surface area contributed by atoms with Gasteiger partial charge in [0, 0.05) is 21.0 Å². The summed E-state index contributed by atoms with van der Waals surface area (Å²) >= 11 is 3.57. The van der Waals surface area contributed by atoms with Crippen molar-refractivity contribution in [1.29, 1.82) is 0 Å². The highest BCUT2D eigenvalue weighted by atomic mass is 79.9. The average molecular weight is 678 g/mol. The molecule has 2 bridgehead atoms. The van der Waals surface area contributed by atoms with Crippen LogP contribution in [0.25, 0.3) is 22.2 Å². The van der Waals surface area contributed by atoms with E-state index in [1.807, 2.05) is 44.2 Å². The standard InChI is InChI=1S/C38H33BrN2O5/c1-4-21-16-25(39)18-28-29(38(45)46-31(5-2)35(42)23-9-7-6-8-10-23)19-30(40-34(21)28)22-11-13-26(14-12-22)41-36(43)32-24-15-20(3)27(17-24)33(32)37(41)44/h6-16,18-19,24,27,31-33H,4-5,17H2,1-3H3. The number of allylic oxidation sites excluding steroid dienone is 2. The van der Waals surface area contributed by atoms with Crippen LogP contribution in [0.5, 0.6) is 0 Å². The second kappa shape index (κ2) is 11.7. The van der Waals surface area contributed by atoms with E-state index < -0.39 is 12.1 Å². The van der Waals surface area contributed by atoms with E-state index in [2.05, 4.69) is 28.9 Å². The first-order valence-corrected chi connectivity index (χ1v) is 16.6. The van der Waals surface area contributed by atoms with Gasteiger partial charge in [0.15, 0.2) is 6.10 Å². The Labute approximate surface area is 275 Å². The lowest BCUT2D eigenvalue weighted by molar-refractivity contribution is -0.123. The number of fused-ring (bicyclic) bond motifs is 6. The number of aromatic nitrogens is 1. The number of Topliss-reactive ketones (excluding diaryl/α,β-unsaturated/α-hetero) is 1. The number of hydrogen-bond donors (Lipinski definition) is 0. The maximum Gasteiger partial charge on any atom is 0.339 e. The number of imide groups is 1. The molecule has 5 atom stereocenters. The number of hydrogen-bond acceptors (Lipinski definition) is 6. The lowest BCUT2D eigenvalue weighted by atomic mass is 9.82. The third-order valence-electron chi connectivity index (χ3n) is 9.83. The number of aryl methyl sites for hydroxylation is 1. The first-order chi connectivity index (χ1) is 22.2. The second-order valence-electron chi connectivity index (χ2n) is 12.4. The van der Waals surface area contributed by atoms with Crippen molar-refractivity contribution in [2.45, 2.75) is 46.1 Å². The Morgan fingerprint density at radius 2 is 1.70 bits per heavy atom. The van der Waals surface area contributed by atoms with Crippen molar-refractivity contribution >= 4 is 56.1 Å². The van der Waals surface area contributed by atoms with Gasteiger partial charge in [0.2, 0.25) is 17.6 Å². The van der Waals surface area contributed by atoms with Crippen LogP contribution in [0.15, 0.2) is 88.9 Å². The molecule has 1 saturated carbocycles. The van der Waals surface area contributed by atoms with Crippen molar-refractivity contribution in [1.82, 2.24) is 4.98 Å². The molecule has 8 heteroatoms. The molecule has 0 radical (unpaired) electrons. The molecular weight excluding hydrogens is 644 g/mol. The SMILES string of the molecule is CCc1cc(Br)cc2c(C(=O)OC(CC)C(=O)c3ccccc3)cc(-c3ccc(N4C(=O)C5C6C=C(C)C(C6)C5C4=O)cc3)nc12. The number of carbonyl (C=O) groups excluding carboxylic acids is 4. The van der Waals surface area contributed by atoms with Gasteiger partial charge in [-0.25, -0.2) is 9.78 Å². The van der Waals surface area contributed by atoms with Gasteiger partial charge in [-0.2, -0.15) is 0 Å². The fourth-order valence-corrected chi connectivity index (χ4v) is 8.07. The van der Waals surface area contributed by atoms with Gasteiger partial charge in [-0.15, -0.1) is 0 Å². The normalized spacial score (nSPS) is 22.3. The average Bonchev–Trinajstić information content (AvgIpc) is 3.72. The zero-order valence-corrected chi connectivity index (χ0v) is 27.4. The second-order valence-corrected chi connectivity index (χ2v) is 13.3. The lowest BCUT2D eigenvalue weighted by Crippen LogP contribution is -2.32. The fraction of sp³-hybridized carbons (Fsp3) is 0.289. The highest BCUT2D eigenvalue weighted by Crippen LogP contribution is 2.56. The van der Waals surface area contributed by atoms with Crippen molar-refractivity contribution < 1.29 is 23.9 Å². The summed E-state index contributed by atoms with van der Waals surface area (Å²) in [6, 6.07) is 21.5. The molecule has 2 amide bonds. The molecule has 232 valence electrons. The number of carbonyl (C=O) groups is 4. The smallest absolute Gasteiger partial charge is 0.339 e. The number of halogens is 1. The number of benzene rings is 3. The first-order valence-electron chi connectivity index (χ1n) is 15.8. The number of ether oxygens (including phenoxy) is 1. The van der Waals surface area contributed by atoms with Gasteiger partial charge in [-0.3, -0.25) is 19.3 Å². The monoisotopic (exact) mass is 676 g/mol. The minimum atomic E-state index is -0.942. The van der Waals surface area contributed by atoms with Crippen LogP contribution in [-0.4, -0.2) is 34.7 Å². The van der Waals surface area contributed by atoms with Crippen LogP contribution in [0, 0.1) is 23.7 Å². The molecular formula is C38H33BrN2O5. The molecule has 1 saturated heterocycles. The van der Waals surface area contributed by atoms with Crippen LogP contribution < -0.4 is 4.90 Å². The summed E-state index contributed by atoms with van der Waals surface area (Å²) in [5, 5.41) is 0.622. The molecule has 2 heterocycles. The number of anilines is 1. The quantitative estimate of drug-likeness (QED) is 0.0820. The number of nitrogens with zero attached hydrogens (tertiary/aromatic N) is 2. The van der Waals surface area contributed by atoms with Gasteiger partial charge in [0.25, 0.3) is 0 Å². The van der Waals surface area contributed by atoms with Crippen molar-refractivity contribution in [2.24, 2.45) is 23.7 Å². The van der Waals surface area contributed by atoms with E-state index in [1.165, 1.54) is 10.5 Å². The molecule has 7 nitrogen and oxygen atoms in total. The van der Waals surface area contributed by atoms with E-state index >= 15 is 0 Å². The minimum absolute atomic E-state index is 0.120. The Balaban J connectivity index is 1.23. The van der Waals surface area contributed by atoms with Gasteiger partial charge in [0.05, 0.1) is 34.3 Å². The van der Waals surface area contributed by atoms with Crippen molar-refractivity contribution in [2.75, 3.05) is 4.90 Å². The third-order valence-corrected chi connectivity index (χ3v) is 10.3. The van der Waals surface area contributed by atoms with E-state index in [1.54, 1.807) is 42.5 Å². The summed E-state index contributed by atoms with van der Waals surface area (Å²) in [5.74, 6) is -1.37. The van der Waals surface area contributed by atoms with Gasteiger partial charge in [0.1, 0.15) is 0 Å². The predicted octanol–water partition coefficient (Wildman–Crippen LogP) is 7.75. The summed E-state index contributed by atoms with van der Waals surface area (Å²) in [6.07, 6.45) is 3.12. The van der Waals surface area contributed by atoms with E-state index in [9.17, 15) is 19.2 Å². The Bertz CT molecular complexity index is 1950. The van der Waals surface area contributed by atoms with Crippen LogP contribution in [0.3, 0.4) is 0 Å². The van der Waals surface area contributed by atoms with Crippen LogP contribution >= 0.6 is 15.9 Å². The highest BCUT2D eigenvalue weighted by molar-refractivity contribution is 9.10. The molecule has 1 aromatic heterocycles. The van der Waals surface area contributed by atoms with E-state index in [0.29, 0.717) is 51.8 Å². The van der Waals surface area contributed by atoms with Crippen LogP contribution in [0.2, 0.25) is 0 Å². The molecule has 2 fully saturated rings. The maximum absolute atomic E-state index is 13.8. The molecule has 0 N–H and O–H groups in total. The molecule has 3 aliphatic rings. The number of esters is 1. The highest BCUT2D eigenvalue weighted by Gasteiger charge is 2.60. The molecule has 5 unspecified atom stereocenters. The zero-order chi connectivity index (χ0) is 32.3. The van der Waals surface area contributed by atoms with Crippen LogP contribution in [-0.2, 0) is 20.7 Å². The molecule has 7 rings (SSSR count). The van der Waals surface area contributed by atoms with E-state index in [4.69, 9.17) is 9.72 Å². The van der Waals surface area contributed by atoms with Gasteiger partial charge in [-0.1, -0.05) is 83.9 Å². The molecule has 4 aromatic rings. The summed E-state index contributed by atoms with van der Waals surface area (Å²) in [4.78, 5) is 60.3. The topological polar surface area (TPSA) is 93.6 Å². The Hall–Kier alpha value is -4.43. The Kier molecular flexibility index (Phi) is 7.71. The van der Waals surface area contributed by atoms with Gasteiger partial charge < -0.3 is 4.74 Å². The van der Waals surface area contributed by atoms with Crippen LogP contribution in [0.4, 0.5) is 5.69 Å². The van der Waals surface area contributed by atoms with E-state index in [0.717, 1.165) is 16.5 Å². The number of rotatable bonds is 8. The first kappa shape index (κ1) is 30.2. The van der Waals surface area contributed by atoms with Gasteiger partial charge in [-0.05, 0) is 73.9 Å². The summed E-state index contributed by atoms with van der Waals surface area (Å²) in [5.41, 5.74) is 5.41. The number of amides is 2. The maximum atomic E-state index is 13.8. The summed E-state index contributed by atoms with van der Waals surface area (Å²) < 4.78 is 6.68. The molecule has 0 spiro atoms. The predicted molar refractivity (Wildman–Crippen MR) is 179 cm³/mol. The fourth-order valence-electron chi connectivity index (χ4n) is 7.56. The minimum Gasteiger partial charge on any atom is -0.450 e. The van der Waals surface area contributed by atoms with Crippen LogP contribution in [0.1, 0.15) is 59.9 Å². The van der Waals surface area contributed by atoms with Crippen molar-refractivity contribution in [3.05, 3.63) is 106 Å². The van der Waals surface area contributed by atoms with Crippen molar-refractivity contribution in [3.8, 4) is 11.3 Å². The molecule has 3 aromatic carbocycles. The summed E-state index contributed by atoms with van der Waals surface area (Å²) in [6.45, 7) is 5.90. The van der Waals surface area contributed by atoms with Gasteiger partial charge >= 0.3 is 5.97 Å². The number of ketones is 1. The molecule has 1 aliphatic heterocycles. The van der Waals surface area contributed by atoms with E-state index in [-0.39, 0.29) is 41.3 Å². The van der Waals surface area contributed by atoms with Crippen molar-refractivity contribution in [3.63, 3.8) is 0 Å². The molecule has 46 heavy (non-hydrogen) atoms. The Morgan fingerprint density at radius 3 is 2.39 bits per heavy atom. The largest absolute Gasteiger partial charge is 0.450 e. The summed E-state index contributed by atoms with van der Waals surface area (Å²) in [7, 11) is 0. The third kappa shape index (κ3) is 4.90.